The van der Waals surface area contributed by atoms with Gasteiger partial charge in [0.25, 0.3) is 5.91 Å². The van der Waals surface area contributed by atoms with E-state index in [-0.39, 0.29) is 16.8 Å². The minimum Gasteiger partial charge on any atom is -0.340 e. The molecule has 0 aliphatic carbocycles. The molecular formula is C15H18ClFN2O2. The van der Waals surface area contributed by atoms with Gasteiger partial charge >= 0.3 is 0 Å². The number of nitrogens with one attached hydrogen (secondary N) is 1. The van der Waals surface area contributed by atoms with Gasteiger partial charge in [0.15, 0.2) is 0 Å². The number of hydrogen-bond donors (Lipinski definition) is 1. The fraction of sp³-hybridized carbons (Fsp3) is 0.467. The van der Waals surface area contributed by atoms with Gasteiger partial charge in [0.05, 0.1) is 5.02 Å². The maximum atomic E-state index is 13.7. The number of piperazine rings is 1. The second kappa shape index (κ2) is 5.64. The first-order chi connectivity index (χ1) is 9.84. The summed E-state index contributed by atoms with van der Waals surface area (Å²) in [5.41, 5.74) is -0.623. The van der Waals surface area contributed by atoms with Gasteiger partial charge < -0.3 is 5.32 Å². The van der Waals surface area contributed by atoms with Crippen LogP contribution >= 0.6 is 11.6 Å². The molecule has 2 atom stereocenters. The minimum absolute atomic E-state index is 0.0149. The third kappa shape index (κ3) is 2.62. The van der Waals surface area contributed by atoms with Crippen molar-refractivity contribution in [3.8, 4) is 0 Å². The molecule has 1 aromatic carbocycles. The summed E-state index contributed by atoms with van der Waals surface area (Å²) < 4.78 is 13.7. The van der Waals surface area contributed by atoms with Gasteiger partial charge in [0.2, 0.25) is 5.91 Å². The monoisotopic (exact) mass is 312 g/mol. The van der Waals surface area contributed by atoms with E-state index in [0.717, 1.165) is 0 Å². The highest BCUT2D eigenvalue weighted by atomic mass is 35.5. The van der Waals surface area contributed by atoms with Crippen molar-refractivity contribution in [1.82, 2.24) is 5.32 Å². The van der Waals surface area contributed by atoms with Crippen LogP contribution in [0.1, 0.15) is 33.6 Å². The molecule has 2 rings (SSSR count). The van der Waals surface area contributed by atoms with E-state index in [1.165, 1.54) is 17.0 Å². The molecule has 6 heteroatoms. The SMILES string of the molecule is CCC1C(=O)NC(C)(CC)C(=O)N1c1ccc(Cl)c(F)c1. The van der Waals surface area contributed by atoms with Gasteiger partial charge in [-0.05, 0) is 38.0 Å². The van der Waals surface area contributed by atoms with E-state index in [1.54, 1.807) is 13.0 Å². The Morgan fingerprint density at radius 2 is 2.05 bits per heavy atom. The van der Waals surface area contributed by atoms with E-state index >= 15 is 0 Å². The molecule has 0 aromatic heterocycles. The molecule has 4 nitrogen and oxygen atoms in total. The predicted molar refractivity (Wildman–Crippen MR) is 79.8 cm³/mol. The number of benzene rings is 1. The van der Waals surface area contributed by atoms with Crippen molar-refractivity contribution >= 4 is 29.1 Å². The lowest BCUT2D eigenvalue weighted by molar-refractivity contribution is -0.138. The van der Waals surface area contributed by atoms with Gasteiger partial charge in [-0.3, -0.25) is 14.5 Å². The molecule has 1 fully saturated rings. The lowest BCUT2D eigenvalue weighted by Crippen LogP contribution is -2.69. The van der Waals surface area contributed by atoms with Crippen molar-refractivity contribution in [3.63, 3.8) is 0 Å². The summed E-state index contributed by atoms with van der Waals surface area (Å²) >= 11 is 5.68. The first-order valence-electron chi connectivity index (χ1n) is 6.94. The van der Waals surface area contributed by atoms with Gasteiger partial charge in [-0.2, -0.15) is 0 Å². The summed E-state index contributed by atoms with van der Waals surface area (Å²) in [6.07, 6.45) is 0.905. The topological polar surface area (TPSA) is 49.4 Å². The van der Waals surface area contributed by atoms with Crippen LogP contribution in [0.15, 0.2) is 18.2 Å². The summed E-state index contributed by atoms with van der Waals surface area (Å²) in [5, 5.41) is 2.75. The van der Waals surface area contributed by atoms with E-state index in [1.807, 2.05) is 13.8 Å². The van der Waals surface area contributed by atoms with Gasteiger partial charge in [0.1, 0.15) is 17.4 Å². The number of rotatable bonds is 3. The smallest absolute Gasteiger partial charge is 0.253 e. The Morgan fingerprint density at radius 3 is 2.57 bits per heavy atom. The second-order valence-electron chi connectivity index (χ2n) is 5.37. The molecule has 1 aliphatic rings. The molecule has 21 heavy (non-hydrogen) atoms. The first kappa shape index (κ1) is 15.8. The Morgan fingerprint density at radius 1 is 1.38 bits per heavy atom. The number of nitrogens with zero attached hydrogens (tertiary/aromatic N) is 1. The normalized spacial score (nSPS) is 26.0. The maximum Gasteiger partial charge on any atom is 0.253 e. The van der Waals surface area contributed by atoms with Crippen LogP contribution in [0, 0.1) is 5.82 Å². The number of halogens is 2. The number of carbonyl (C=O) groups excluding carboxylic acids is 2. The Balaban J connectivity index is 2.51. The quantitative estimate of drug-likeness (QED) is 0.933. The van der Waals surface area contributed by atoms with E-state index in [2.05, 4.69) is 5.32 Å². The zero-order valence-electron chi connectivity index (χ0n) is 12.2. The predicted octanol–water partition coefficient (Wildman–Crippen LogP) is 2.89. The molecule has 0 radical (unpaired) electrons. The van der Waals surface area contributed by atoms with E-state index < -0.39 is 17.4 Å². The molecule has 2 unspecified atom stereocenters. The van der Waals surface area contributed by atoms with Crippen LogP contribution in [0.3, 0.4) is 0 Å². The zero-order chi connectivity index (χ0) is 15.8. The van der Waals surface area contributed by atoms with Gasteiger partial charge in [-0.25, -0.2) is 4.39 Å². The summed E-state index contributed by atoms with van der Waals surface area (Å²) in [6.45, 7) is 5.31. The molecule has 1 saturated heterocycles. The summed E-state index contributed by atoms with van der Waals surface area (Å²) in [7, 11) is 0. The number of hydrogen-bond acceptors (Lipinski definition) is 2. The minimum atomic E-state index is -0.973. The van der Waals surface area contributed by atoms with Crippen molar-refractivity contribution in [1.29, 1.82) is 0 Å². The molecule has 1 aromatic rings. The molecular weight excluding hydrogens is 295 g/mol. The number of carbonyl (C=O) groups is 2. The molecule has 0 bridgehead atoms. The van der Waals surface area contributed by atoms with Crippen LogP contribution in [0.25, 0.3) is 0 Å². The molecule has 1 N–H and O–H groups in total. The van der Waals surface area contributed by atoms with Gasteiger partial charge in [0, 0.05) is 5.69 Å². The van der Waals surface area contributed by atoms with Crippen LogP contribution in [0.4, 0.5) is 10.1 Å². The average Bonchev–Trinajstić information content (AvgIpc) is 2.45. The van der Waals surface area contributed by atoms with Crippen molar-refractivity contribution < 1.29 is 14.0 Å². The highest BCUT2D eigenvalue weighted by Crippen LogP contribution is 2.30. The highest BCUT2D eigenvalue weighted by Gasteiger charge is 2.47. The fourth-order valence-corrected chi connectivity index (χ4v) is 2.59. The highest BCUT2D eigenvalue weighted by molar-refractivity contribution is 6.30. The van der Waals surface area contributed by atoms with Crippen LogP contribution in [-0.2, 0) is 9.59 Å². The van der Waals surface area contributed by atoms with Crippen LogP contribution < -0.4 is 10.2 Å². The van der Waals surface area contributed by atoms with E-state index in [0.29, 0.717) is 18.5 Å². The van der Waals surface area contributed by atoms with Crippen molar-refractivity contribution in [3.05, 3.63) is 29.0 Å². The molecule has 114 valence electrons. The first-order valence-corrected chi connectivity index (χ1v) is 7.32. The van der Waals surface area contributed by atoms with E-state index in [9.17, 15) is 14.0 Å². The van der Waals surface area contributed by atoms with Gasteiger partial charge in [-0.1, -0.05) is 25.4 Å². The summed E-state index contributed by atoms with van der Waals surface area (Å²) in [4.78, 5) is 26.4. The molecule has 1 heterocycles. The lowest BCUT2D eigenvalue weighted by Gasteiger charge is -2.43. The third-order valence-corrected chi connectivity index (χ3v) is 4.29. The van der Waals surface area contributed by atoms with Crippen molar-refractivity contribution in [2.45, 2.75) is 45.2 Å². The Hall–Kier alpha value is -1.62. The zero-order valence-corrected chi connectivity index (χ0v) is 13.0. The third-order valence-electron chi connectivity index (χ3n) is 3.98. The summed E-state index contributed by atoms with van der Waals surface area (Å²) in [6, 6.07) is 3.50. The number of anilines is 1. The Bertz CT molecular complexity index is 593. The molecule has 0 spiro atoms. The fourth-order valence-electron chi connectivity index (χ4n) is 2.47. The Kier molecular flexibility index (Phi) is 4.23. The lowest BCUT2D eigenvalue weighted by atomic mass is 9.90. The van der Waals surface area contributed by atoms with E-state index in [4.69, 9.17) is 11.6 Å². The molecule has 1 aliphatic heterocycles. The standard InChI is InChI=1S/C15H18ClFN2O2/c1-4-12-13(20)18-15(3,5-2)14(21)19(12)9-6-7-10(16)11(17)8-9/h6-8,12H,4-5H2,1-3H3,(H,18,20). The largest absolute Gasteiger partial charge is 0.340 e. The van der Waals surface area contributed by atoms with Crippen molar-refractivity contribution in [2.75, 3.05) is 4.90 Å². The number of amides is 2. The molecule has 0 saturated carbocycles. The maximum absolute atomic E-state index is 13.7. The summed E-state index contributed by atoms with van der Waals surface area (Å²) in [5.74, 6) is -1.07. The molecule has 2 amide bonds. The Labute approximate surface area is 128 Å². The van der Waals surface area contributed by atoms with Crippen LogP contribution in [-0.4, -0.2) is 23.4 Å². The average molecular weight is 313 g/mol. The van der Waals surface area contributed by atoms with Crippen molar-refractivity contribution in [2.24, 2.45) is 0 Å². The van der Waals surface area contributed by atoms with Gasteiger partial charge in [-0.15, -0.1) is 0 Å². The second-order valence-corrected chi connectivity index (χ2v) is 5.78. The van der Waals surface area contributed by atoms with Crippen LogP contribution in [0.5, 0.6) is 0 Å². The van der Waals surface area contributed by atoms with Crippen LogP contribution in [0.2, 0.25) is 5.02 Å².